The molecule has 1 N–H and O–H groups in total. The largest absolute Gasteiger partial charge is 0.494 e. The first-order valence-electron chi connectivity index (χ1n) is 11.4. The number of aryl methyl sites for hydroxylation is 1. The average molecular weight is 437 g/mol. The first-order valence-corrected chi connectivity index (χ1v) is 11.4. The highest BCUT2D eigenvalue weighted by atomic mass is 16.5. The molecule has 5 heteroatoms. The maximum Gasteiger partial charge on any atom is 0.157 e. The lowest BCUT2D eigenvalue weighted by molar-refractivity contribution is 0.282. The van der Waals surface area contributed by atoms with Crippen molar-refractivity contribution in [3.63, 3.8) is 0 Å². The van der Waals surface area contributed by atoms with Crippen LogP contribution in [0.25, 0.3) is 44.6 Å². The van der Waals surface area contributed by atoms with E-state index >= 15 is 0 Å². The van der Waals surface area contributed by atoms with Gasteiger partial charge in [0.2, 0.25) is 0 Å². The fourth-order valence-electron chi connectivity index (χ4n) is 4.96. The van der Waals surface area contributed by atoms with Gasteiger partial charge in [0.1, 0.15) is 11.3 Å². The predicted molar refractivity (Wildman–Crippen MR) is 131 cm³/mol. The molecule has 0 amide bonds. The summed E-state index contributed by atoms with van der Waals surface area (Å²) in [5, 5.41) is 11.2. The maximum atomic E-state index is 9.99. The Balaban J connectivity index is 1.65. The third kappa shape index (κ3) is 3.23. The second-order valence-corrected chi connectivity index (χ2v) is 8.89. The van der Waals surface area contributed by atoms with Gasteiger partial charge in [-0.15, -0.1) is 0 Å². The molecule has 165 valence electrons. The van der Waals surface area contributed by atoms with E-state index in [4.69, 9.17) is 9.72 Å². The van der Waals surface area contributed by atoms with Gasteiger partial charge in [0, 0.05) is 24.5 Å². The fourth-order valence-corrected chi connectivity index (χ4v) is 4.96. The summed E-state index contributed by atoms with van der Waals surface area (Å²) in [6.45, 7) is 0.980. The van der Waals surface area contributed by atoms with Gasteiger partial charge in [0.25, 0.3) is 0 Å². The van der Waals surface area contributed by atoms with Gasteiger partial charge in [-0.3, -0.25) is 0 Å². The molecule has 3 aromatic carbocycles. The maximum absolute atomic E-state index is 9.99. The van der Waals surface area contributed by atoms with Crippen molar-refractivity contribution in [3.8, 4) is 28.4 Å². The standard InChI is InChI=1S/C28H26N3O2/c1-30-27-23(11-6-12-25(27)33-2)29-28(30)24-15-19-8-5-10-22(21-9-4-3-7-20(21)17-32)26(19)31(24)16-18-13-14-18/h3-5,7-12,15,18,32H,13-14,16-17H2,1-2H3. The Bertz CT molecular complexity index is 1490. The summed E-state index contributed by atoms with van der Waals surface area (Å²) in [4.78, 5) is 5.00. The van der Waals surface area contributed by atoms with Crippen LogP contribution in [0.4, 0.5) is 0 Å². The van der Waals surface area contributed by atoms with Gasteiger partial charge in [-0.25, -0.2) is 4.98 Å². The number of rotatable bonds is 6. The minimum absolute atomic E-state index is 0.0177. The molecule has 6 rings (SSSR count). The van der Waals surface area contributed by atoms with Crippen LogP contribution in [0.15, 0.2) is 60.7 Å². The van der Waals surface area contributed by atoms with Crippen molar-refractivity contribution >= 4 is 21.9 Å². The predicted octanol–water partition coefficient (Wildman–Crippen LogP) is 5.57. The summed E-state index contributed by atoms with van der Waals surface area (Å²) in [5.74, 6) is 2.38. The van der Waals surface area contributed by atoms with Gasteiger partial charge in [-0.05, 0) is 54.2 Å². The van der Waals surface area contributed by atoms with Crippen molar-refractivity contribution in [1.29, 1.82) is 0 Å². The second kappa shape index (κ2) is 7.78. The van der Waals surface area contributed by atoms with Gasteiger partial charge in [0.15, 0.2) is 5.82 Å². The number of hydrogen-bond acceptors (Lipinski definition) is 3. The van der Waals surface area contributed by atoms with Crippen molar-refractivity contribution < 1.29 is 9.84 Å². The Labute approximate surface area is 192 Å². The van der Waals surface area contributed by atoms with Crippen LogP contribution in [0.3, 0.4) is 0 Å². The van der Waals surface area contributed by atoms with E-state index in [1.54, 1.807) is 7.11 Å². The Morgan fingerprint density at radius 3 is 2.67 bits per heavy atom. The number of aliphatic hydroxyl groups is 1. The quantitative estimate of drug-likeness (QED) is 0.378. The number of aromatic nitrogens is 3. The summed E-state index contributed by atoms with van der Waals surface area (Å²) >= 11 is 0. The number of para-hydroxylation sites is 1. The molecule has 1 saturated carbocycles. The first kappa shape index (κ1) is 20.1. The van der Waals surface area contributed by atoms with Crippen LogP contribution in [0, 0.1) is 12.0 Å². The summed E-state index contributed by atoms with van der Waals surface area (Å²) in [5.41, 5.74) is 7.31. The van der Waals surface area contributed by atoms with Gasteiger partial charge in [-0.1, -0.05) is 42.5 Å². The number of aliphatic hydroxyl groups excluding tert-OH is 1. The second-order valence-electron chi connectivity index (χ2n) is 8.89. The van der Waals surface area contributed by atoms with E-state index in [0.29, 0.717) is 5.92 Å². The molecule has 0 spiro atoms. The van der Waals surface area contributed by atoms with E-state index < -0.39 is 0 Å². The molecule has 2 heterocycles. The van der Waals surface area contributed by atoms with E-state index in [-0.39, 0.29) is 6.61 Å². The minimum atomic E-state index is 0.0177. The van der Waals surface area contributed by atoms with Crippen LogP contribution < -0.4 is 4.74 Å². The van der Waals surface area contributed by atoms with Gasteiger partial charge in [0.05, 0.1) is 30.4 Å². The van der Waals surface area contributed by atoms with E-state index in [0.717, 1.165) is 51.5 Å². The molecule has 1 radical (unpaired) electrons. The zero-order valence-corrected chi connectivity index (χ0v) is 18.9. The van der Waals surface area contributed by atoms with Crippen LogP contribution in [0.1, 0.15) is 18.4 Å². The summed E-state index contributed by atoms with van der Waals surface area (Å²) in [6, 6.07) is 23.7. The Hall–Kier alpha value is -3.57. The lowest BCUT2D eigenvalue weighted by Gasteiger charge is -2.15. The van der Waals surface area contributed by atoms with E-state index in [2.05, 4.69) is 45.5 Å². The van der Waals surface area contributed by atoms with Crippen molar-refractivity contribution in [1.82, 2.24) is 14.1 Å². The van der Waals surface area contributed by atoms with Crippen LogP contribution in [-0.2, 0) is 20.2 Å². The van der Waals surface area contributed by atoms with E-state index in [1.165, 1.54) is 23.7 Å². The highest BCUT2D eigenvalue weighted by Gasteiger charge is 2.27. The van der Waals surface area contributed by atoms with Crippen molar-refractivity contribution in [2.75, 3.05) is 7.11 Å². The summed E-state index contributed by atoms with van der Waals surface area (Å²) in [7, 11) is 3.73. The molecule has 1 aliphatic carbocycles. The van der Waals surface area contributed by atoms with Gasteiger partial charge < -0.3 is 19.0 Å². The fraction of sp³-hybridized carbons (Fsp3) is 0.250. The minimum Gasteiger partial charge on any atom is -0.494 e. The molecular formula is C28H26N3O2. The number of methoxy groups -OCH3 is 1. The highest BCUT2D eigenvalue weighted by molar-refractivity contribution is 5.99. The third-order valence-electron chi connectivity index (χ3n) is 6.77. The number of imidazole rings is 1. The lowest BCUT2D eigenvalue weighted by atomic mass is 9.98. The molecule has 1 aliphatic rings. The van der Waals surface area contributed by atoms with Crippen LogP contribution >= 0.6 is 0 Å². The van der Waals surface area contributed by atoms with Gasteiger partial charge >= 0.3 is 0 Å². The topological polar surface area (TPSA) is 52.2 Å². The molecule has 5 nitrogen and oxygen atoms in total. The number of benzene rings is 3. The van der Waals surface area contributed by atoms with Crippen molar-refractivity contribution in [2.45, 2.75) is 26.0 Å². The van der Waals surface area contributed by atoms with Crippen molar-refractivity contribution in [3.05, 3.63) is 72.3 Å². The van der Waals surface area contributed by atoms with Crippen LogP contribution in [0.2, 0.25) is 0 Å². The molecule has 1 fully saturated rings. The molecule has 0 saturated heterocycles. The molecule has 0 bridgehead atoms. The van der Waals surface area contributed by atoms with Crippen LogP contribution in [0.5, 0.6) is 5.75 Å². The molecular weight excluding hydrogens is 410 g/mol. The Morgan fingerprint density at radius 1 is 1.06 bits per heavy atom. The third-order valence-corrected chi connectivity index (χ3v) is 6.77. The lowest BCUT2D eigenvalue weighted by Crippen LogP contribution is -2.06. The number of nitrogens with zero attached hydrogens (tertiary/aromatic N) is 3. The number of fused-ring (bicyclic) bond motifs is 2. The van der Waals surface area contributed by atoms with E-state index in [1.807, 2.05) is 37.4 Å². The molecule has 33 heavy (non-hydrogen) atoms. The highest BCUT2D eigenvalue weighted by Crippen LogP contribution is 2.40. The van der Waals surface area contributed by atoms with Gasteiger partial charge in [-0.2, -0.15) is 0 Å². The molecule has 5 aromatic rings. The van der Waals surface area contributed by atoms with Crippen LogP contribution in [-0.4, -0.2) is 26.3 Å². The first-order chi connectivity index (χ1) is 16.2. The van der Waals surface area contributed by atoms with Crippen molar-refractivity contribution in [2.24, 2.45) is 13.0 Å². The molecule has 0 aliphatic heterocycles. The smallest absolute Gasteiger partial charge is 0.157 e. The molecule has 2 aromatic heterocycles. The monoisotopic (exact) mass is 436 g/mol. The number of hydrogen-bond donors (Lipinski definition) is 1. The molecule has 0 atom stereocenters. The zero-order valence-electron chi connectivity index (χ0n) is 18.9. The summed E-state index contributed by atoms with van der Waals surface area (Å²) in [6.07, 6.45) is 2.53. The zero-order chi connectivity index (χ0) is 22.5. The SMILES string of the molecule is COc1c[c]cc2nc(-c3cc4cccc(-c5ccccc5CO)c4n3CC3CC3)n(C)c12. The Kier molecular flexibility index (Phi) is 4.73. The number of ether oxygens (including phenoxy) is 1. The molecule has 0 unspecified atom stereocenters. The van der Waals surface area contributed by atoms with E-state index in [9.17, 15) is 5.11 Å². The average Bonchev–Trinajstić information content (AvgIpc) is 3.51. The summed E-state index contributed by atoms with van der Waals surface area (Å²) < 4.78 is 10.2. The normalized spacial score (nSPS) is 13.8. The Morgan fingerprint density at radius 2 is 1.88 bits per heavy atom.